The predicted molar refractivity (Wildman–Crippen MR) is 63.3 cm³/mol. The van der Waals surface area contributed by atoms with Crippen LogP contribution in [0, 0.1) is 0 Å². The van der Waals surface area contributed by atoms with E-state index in [-0.39, 0.29) is 0 Å². The van der Waals surface area contributed by atoms with Crippen LogP contribution >= 0.6 is 27.3 Å². The molecule has 6 heteroatoms. The Balaban J connectivity index is 1.67. The molecule has 0 aromatic carbocycles. The first-order valence-electron chi connectivity index (χ1n) is 4.67. The fraction of sp³-hybridized carbons (Fsp3) is 0.333. The van der Waals surface area contributed by atoms with Crippen molar-refractivity contribution in [1.82, 2.24) is 14.8 Å². The van der Waals surface area contributed by atoms with Gasteiger partial charge in [-0.25, -0.2) is 4.98 Å². The summed E-state index contributed by atoms with van der Waals surface area (Å²) < 4.78 is 3.05. The molecule has 0 unspecified atom stereocenters. The van der Waals surface area contributed by atoms with Crippen LogP contribution in [-0.4, -0.2) is 27.9 Å². The Morgan fingerprint density at radius 2 is 2.33 bits per heavy atom. The minimum absolute atomic E-state index is 0.486. The van der Waals surface area contributed by atoms with E-state index >= 15 is 0 Å². The van der Waals surface area contributed by atoms with Crippen molar-refractivity contribution in [3.8, 4) is 0 Å². The van der Waals surface area contributed by atoms with Gasteiger partial charge in [0.05, 0.1) is 16.7 Å². The summed E-state index contributed by atoms with van der Waals surface area (Å²) in [6, 6.07) is 0.486. The molecule has 2 aromatic rings. The van der Waals surface area contributed by atoms with E-state index in [0.29, 0.717) is 6.04 Å². The van der Waals surface area contributed by atoms with Gasteiger partial charge in [0.25, 0.3) is 0 Å². The summed E-state index contributed by atoms with van der Waals surface area (Å²) in [5, 5.41) is 7.40. The van der Waals surface area contributed by atoms with E-state index in [0.717, 1.165) is 22.7 Å². The van der Waals surface area contributed by atoms with E-state index in [1.165, 1.54) is 0 Å². The molecule has 15 heavy (non-hydrogen) atoms. The van der Waals surface area contributed by atoms with Crippen molar-refractivity contribution < 1.29 is 0 Å². The molecule has 3 heterocycles. The van der Waals surface area contributed by atoms with Gasteiger partial charge in [-0.15, -0.1) is 11.3 Å². The van der Waals surface area contributed by atoms with Crippen LogP contribution in [0.4, 0.5) is 5.13 Å². The monoisotopic (exact) mass is 284 g/mol. The molecule has 0 bridgehead atoms. The standard InChI is InChI=1S/C9H9BrN4S/c10-7-3-12-14(4-7)8-5-13(6-8)9-11-1-2-15-9/h1-4,8H,5-6H2. The zero-order chi connectivity index (χ0) is 10.3. The second-order valence-electron chi connectivity index (χ2n) is 3.51. The minimum atomic E-state index is 0.486. The molecule has 0 amide bonds. The molecule has 1 fully saturated rings. The molecule has 2 aromatic heterocycles. The zero-order valence-corrected chi connectivity index (χ0v) is 10.3. The topological polar surface area (TPSA) is 34.0 Å². The lowest BCUT2D eigenvalue weighted by Crippen LogP contribution is -2.47. The molecule has 0 N–H and O–H groups in total. The Morgan fingerprint density at radius 3 is 2.93 bits per heavy atom. The highest BCUT2D eigenvalue weighted by atomic mass is 79.9. The van der Waals surface area contributed by atoms with E-state index in [9.17, 15) is 0 Å². The second-order valence-corrected chi connectivity index (χ2v) is 5.30. The lowest BCUT2D eigenvalue weighted by molar-refractivity contribution is 0.368. The Bertz CT molecular complexity index is 446. The third-order valence-corrected chi connectivity index (χ3v) is 3.74. The maximum absolute atomic E-state index is 4.28. The van der Waals surface area contributed by atoms with Gasteiger partial charge in [0.15, 0.2) is 5.13 Å². The number of anilines is 1. The molecule has 0 aliphatic carbocycles. The number of thiazole rings is 1. The van der Waals surface area contributed by atoms with Gasteiger partial charge >= 0.3 is 0 Å². The Kier molecular flexibility index (Phi) is 2.25. The first kappa shape index (κ1) is 9.35. The largest absolute Gasteiger partial charge is 0.344 e. The van der Waals surface area contributed by atoms with Gasteiger partial charge in [-0.1, -0.05) is 0 Å². The average molecular weight is 285 g/mol. The van der Waals surface area contributed by atoms with Crippen LogP contribution in [0.1, 0.15) is 6.04 Å². The number of nitrogens with zero attached hydrogens (tertiary/aromatic N) is 4. The SMILES string of the molecule is Brc1cnn(C2CN(c3nccs3)C2)c1. The maximum atomic E-state index is 4.28. The van der Waals surface area contributed by atoms with Gasteiger partial charge in [-0.05, 0) is 15.9 Å². The molecule has 78 valence electrons. The van der Waals surface area contributed by atoms with E-state index in [4.69, 9.17) is 0 Å². The highest BCUT2D eigenvalue weighted by Crippen LogP contribution is 2.29. The summed E-state index contributed by atoms with van der Waals surface area (Å²) in [6.07, 6.45) is 5.69. The molecule has 0 atom stereocenters. The summed E-state index contributed by atoms with van der Waals surface area (Å²) >= 11 is 5.09. The maximum Gasteiger partial charge on any atom is 0.185 e. The lowest BCUT2D eigenvalue weighted by atomic mass is 10.1. The average Bonchev–Trinajstić information content (AvgIpc) is 2.74. The number of hydrogen-bond donors (Lipinski definition) is 0. The number of hydrogen-bond acceptors (Lipinski definition) is 4. The van der Waals surface area contributed by atoms with Crippen LogP contribution < -0.4 is 4.90 Å². The quantitative estimate of drug-likeness (QED) is 0.848. The van der Waals surface area contributed by atoms with Crippen LogP contribution in [0.25, 0.3) is 0 Å². The fourth-order valence-electron chi connectivity index (χ4n) is 1.67. The summed E-state index contributed by atoms with van der Waals surface area (Å²) in [5.74, 6) is 0. The van der Waals surface area contributed by atoms with Crippen LogP contribution in [-0.2, 0) is 0 Å². The number of aromatic nitrogens is 3. The normalized spacial score (nSPS) is 16.7. The third kappa shape index (κ3) is 1.68. The van der Waals surface area contributed by atoms with E-state index in [1.807, 2.05) is 28.7 Å². The third-order valence-electron chi connectivity index (χ3n) is 2.50. The van der Waals surface area contributed by atoms with Gasteiger partial charge in [0, 0.05) is 30.9 Å². The van der Waals surface area contributed by atoms with Crippen molar-refractivity contribution in [2.75, 3.05) is 18.0 Å². The van der Waals surface area contributed by atoms with Crippen molar-refractivity contribution in [3.63, 3.8) is 0 Å². The van der Waals surface area contributed by atoms with Crippen molar-refractivity contribution in [3.05, 3.63) is 28.4 Å². The Labute approximate surface area is 99.7 Å². The smallest absolute Gasteiger partial charge is 0.185 e. The highest BCUT2D eigenvalue weighted by Gasteiger charge is 2.30. The molecule has 3 rings (SSSR count). The Hall–Kier alpha value is -0.880. The minimum Gasteiger partial charge on any atom is -0.344 e. The first-order chi connectivity index (χ1) is 7.33. The van der Waals surface area contributed by atoms with Crippen molar-refractivity contribution in [2.24, 2.45) is 0 Å². The first-order valence-corrected chi connectivity index (χ1v) is 6.34. The van der Waals surface area contributed by atoms with E-state index < -0.39 is 0 Å². The molecule has 0 spiro atoms. The summed E-state index contributed by atoms with van der Waals surface area (Å²) in [6.45, 7) is 2.00. The summed E-state index contributed by atoms with van der Waals surface area (Å²) in [5.41, 5.74) is 0. The van der Waals surface area contributed by atoms with Crippen molar-refractivity contribution >= 4 is 32.4 Å². The van der Waals surface area contributed by atoms with Gasteiger partial charge < -0.3 is 4.90 Å². The summed E-state index contributed by atoms with van der Waals surface area (Å²) in [4.78, 5) is 6.55. The molecule has 1 aliphatic heterocycles. The van der Waals surface area contributed by atoms with Crippen LogP contribution in [0.3, 0.4) is 0 Å². The summed E-state index contributed by atoms with van der Waals surface area (Å²) in [7, 11) is 0. The number of rotatable bonds is 2. The van der Waals surface area contributed by atoms with Crippen LogP contribution in [0.15, 0.2) is 28.4 Å². The van der Waals surface area contributed by atoms with Gasteiger partial charge in [0.1, 0.15) is 0 Å². The highest BCUT2D eigenvalue weighted by molar-refractivity contribution is 9.10. The molecular formula is C9H9BrN4S. The lowest BCUT2D eigenvalue weighted by Gasteiger charge is -2.38. The zero-order valence-electron chi connectivity index (χ0n) is 7.88. The predicted octanol–water partition coefficient (Wildman–Crippen LogP) is 2.16. The van der Waals surface area contributed by atoms with Gasteiger partial charge in [0.2, 0.25) is 0 Å². The molecule has 4 nitrogen and oxygen atoms in total. The van der Waals surface area contributed by atoms with Gasteiger partial charge in [-0.3, -0.25) is 4.68 Å². The molecule has 1 aliphatic rings. The number of halogens is 1. The van der Waals surface area contributed by atoms with Gasteiger partial charge in [-0.2, -0.15) is 5.10 Å². The van der Waals surface area contributed by atoms with Crippen molar-refractivity contribution in [1.29, 1.82) is 0 Å². The van der Waals surface area contributed by atoms with Crippen LogP contribution in [0.5, 0.6) is 0 Å². The molecule has 1 saturated heterocycles. The fourth-order valence-corrected chi connectivity index (χ4v) is 2.63. The van der Waals surface area contributed by atoms with Crippen LogP contribution in [0.2, 0.25) is 0 Å². The molecule has 0 saturated carbocycles. The van der Waals surface area contributed by atoms with Crippen molar-refractivity contribution in [2.45, 2.75) is 6.04 Å². The molecule has 0 radical (unpaired) electrons. The second kappa shape index (κ2) is 3.61. The molecular weight excluding hydrogens is 276 g/mol. The van der Waals surface area contributed by atoms with E-state index in [2.05, 4.69) is 30.9 Å². The van der Waals surface area contributed by atoms with E-state index in [1.54, 1.807) is 11.3 Å². The Morgan fingerprint density at radius 1 is 1.47 bits per heavy atom.